The van der Waals surface area contributed by atoms with E-state index >= 15 is 0 Å². The molecule has 6 nitrogen and oxygen atoms in total. The molecule has 1 N–H and O–H groups in total. The summed E-state index contributed by atoms with van der Waals surface area (Å²) in [4.78, 5) is 20.6. The molecule has 6 heteroatoms. The Morgan fingerprint density at radius 1 is 1.59 bits per heavy atom. The number of hydrogen-bond donors (Lipinski definition) is 1. The van der Waals surface area contributed by atoms with E-state index in [2.05, 4.69) is 10.7 Å². The maximum atomic E-state index is 10.7. The van der Waals surface area contributed by atoms with Crippen LogP contribution in [0.25, 0.3) is 0 Å². The van der Waals surface area contributed by atoms with Gasteiger partial charge in [-0.05, 0) is 5.56 Å². The van der Waals surface area contributed by atoms with Gasteiger partial charge < -0.3 is 9.84 Å². The predicted molar refractivity (Wildman–Crippen MR) is 57.8 cm³/mol. The zero-order valence-corrected chi connectivity index (χ0v) is 8.91. The highest BCUT2D eigenvalue weighted by Gasteiger charge is 2.10. The molecule has 0 fully saturated rings. The zero-order valence-electron chi connectivity index (χ0n) is 8.91. The SMILES string of the molecule is COC(=O)C#CC(O)c1cccc([N+](=O)[O-])c1. The lowest BCUT2D eigenvalue weighted by Gasteiger charge is -2.02. The van der Waals surface area contributed by atoms with Crippen LogP contribution in [0.5, 0.6) is 0 Å². The molecule has 1 unspecified atom stereocenters. The number of nitro benzene ring substituents is 1. The summed E-state index contributed by atoms with van der Waals surface area (Å²) in [7, 11) is 1.16. The third-order valence-electron chi connectivity index (χ3n) is 1.89. The molecule has 0 aliphatic heterocycles. The van der Waals surface area contributed by atoms with Crippen molar-refractivity contribution in [1.29, 1.82) is 0 Å². The van der Waals surface area contributed by atoms with Crippen LogP contribution in [0.3, 0.4) is 0 Å². The van der Waals surface area contributed by atoms with Crippen LogP contribution in [0, 0.1) is 22.0 Å². The lowest BCUT2D eigenvalue weighted by Crippen LogP contribution is -1.99. The fourth-order valence-corrected chi connectivity index (χ4v) is 1.07. The zero-order chi connectivity index (χ0) is 12.8. The van der Waals surface area contributed by atoms with Crippen molar-refractivity contribution >= 4 is 11.7 Å². The third kappa shape index (κ3) is 3.59. The Balaban J connectivity index is 2.91. The van der Waals surface area contributed by atoms with Gasteiger partial charge in [0.05, 0.1) is 12.0 Å². The first-order valence-electron chi connectivity index (χ1n) is 4.56. The van der Waals surface area contributed by atoms with Crippen LogP contribution < -0.4 is 0 Å². The second-order valence-electron chi connectivity index (χ2n) is 3.02. The highest BCUT2D eigenvalue weighted by molar-refractivity contribution is 5.88. The minimum absolute atomic E-state index is 0.151. The smallest absolute Gasteiger partial charge is 0.384 e. The van der Waals surface area contributed by atoms with E-state index in [1.165, 1.54) is 24.3 Å². The number of carbonyl (C=O) groups excluding carboxylic acids is 1. The number of hydrogen-bond acceptors (Lipinski definition) is 5. The van der Waals surface area contributed by atoms with Crippen LogP contribution in [0.4, 0.5) is 5.69 Å². The molecule has 0 aliphatic rings. The van der Waals surface area contributed by atoms with E-state index in [0.29, 0.717) is 0 Å². The molecule has 0 amide bonds. The van der Waals surface area contributed by atoms with Crippen LogP contribution in [0.2, 0.25) is 0 Å². The summed E-state index contributed by atoms with van der Waals surface area (Å²) in [5, 5.41) is 20.1. The number of aliphatic hydroxyl groups is 1. The van der Waals surface area contributed by atoms with Gasteiger partial charge in [-0.3, -0.25) is 10.1 Å². The molecule has 0 saturated heterocycles. The van der Waals surface area contributed by atoms with Crippen LogP contribution in [-0.2, 0) is 9.53 Å². The molecule has 0 heterocycles. The number of carbonyl (C=O) groups is 1. The number of esters is 1. The van der Waals surface area contributed by atoms with E-state index in [1.54, 1.807) is 0 Å². The average Bonchev–Trinajstić information content (AvgIpc) is 2.35. The molecule has 1 aromatic rings. The number of nitrogens with zero attached hydrogens (tertiary/aromatic N) is 1. The quantitative estimate of drug-likeness (QED) is 0.269. The number of non-ortho nitro benzene ring substituents is 1. The van der Waals surface area contributed by atoms with Crippen LogP contribution >= 0.6 is 0 Å². The Morgan fingerprint density at radius 2 is 2.29 bits per heavy atom. The maximum Gasteiger partial charge on any atom is 0.384 e. The summed E-state index contributed by atoms with van der Waals surface area (Å²) < 4.78 is 4.27. The first kappa shape index (κ1) is 12.7. The van der Waals surface area contributed by atoms with Gasteiger partial charge in [-0.15, -0.1) is 0 Å². The standard InChI is InChI=1S/C11H9NO5/c1-17-11(14)6-5-10(13)8-3-2-4-9(7-8)12(15)16/h2-4,7,10,13H,1H3. The van der Waals surface area contributed by atoms with Crippen LogP contribution in [0.15, 0.2) is 24.3 Å². The van der Waals surface area contributed by atoms with Crippen LogP contribution in [-0.4, -0.2) is 23.1 Å². The van der Waals surface area contributed by atoms with Crippen molar-refractivity contribution < 1.29 is 19.6 Å². The van der Waals surface area contributed by atoms with Crippen molar-refractivity contribution in [1.82, 2.24) is 0 Å². The fraction of sp³-hybridized carbons (Fsp3) is 0.182. The molecule has 88 valence electrons. The van der Waals surface area contributed by atoms with Crippen molar-refractivity contribution in [3.63, 3.8) is 0 Å². The first-order valence-corrected chi connectivity index (χ1v) is 4.56. The number of nitro groups is 1. The highest BCUT2D eigenvalue weighted by atomic mass is 16.6. The largest absolute Gasteiger partial charge is 0.459 e. The number of rotatable bonds is 2. The number of benzene rings is 1. The molecule has 1 rings (SSSR count). The lowest BCUT2D eigenvalue weighted by molar-refractivity contribution is -0.385. The van der Waals surface area contributed by atoms with Gasteiger partial charge in [0, 0.05) is 18.1 Å². The van der Waals surface area contributed by atoms with E-state index < -0.39 is 17.0 Å². The van der Waals surface area contributed by atoms with Crippen molar-refractivity contribution in [3.8, 4) is 11.8 Å². The molecule has 0 aromatic heterocycles. The summed E-state index contributed by atoms with van der Waals surface area (Å²) in [6.45, 7) is 0. The van der Waals surface area contributed by atoms with Crippen molar-refractivity contribution in [2.75, 3.05) is 7.11 Å². The first-order chi connectivity index (χ1) is 8.04. The molecule has 0 aliphatic carbocycles. The molecule has 1 atom stereocenters. The average molecular weight is 235 g/mol. The van der Waals surface area contributed by atoms with E-state index in [4.69, 9.17) is 0 Å². The normalized spacial score (nSPS) is 10.9. The number of ether oxygens (including phenoxy) is 1. The van der Waals surface area contributed by atoms with E-state index in [0.717, 1.165) is 7.11 Å². The third-order valence-corrected chi connectivity index (χ3v) is 1.89. The molecule has 0 bridgehead atoms. The number of aliphatic hydroxyl groups excluding tert-OH is 1. The topological polar surface area (TPSA) is 89.7 Å². The minimum Gasteiger partial charge on any atom is -0.459 e. The summed E-state index contributed by atoms with van der Waals surface area (Å²) in [5.41, 5.74) is 0.0945. The highest BCUT2D eigenvalue weighted by Crippen LogP contribution is 2.18. The molecule has 1 aromatic carbocycles. The Hall–Kier alpha value is -2.39. The second kappa shape index (κ2) is 5.63. The number of methoxy groups -OCH3 is 1. The summed E-state index contributed by atoms with van der Waals surface area (Å²) >= 11 is 0. The second-order valence-corrected chi connectivity index (χ2v) is 3.02. The Bertz CT molecular complexity index is 500. The predicted octanol–water partition coefficient (Wildman–Crippen LogP) is 0.805. The van der Waals surface area contributed by atoms with Crippen molar-refractivity contribution in [3.05, 3.63) is 39.9 Å². The molecule has 0 spiro atoms. The fourth-order valence-electron chi connectivity index (χ4n) is 1.07. The summed E-state index contributed by atoms with van der Waals surface area (Å²) in [6.07, 6.45) is -1.27. The lowest BCUT2D eigenvalue weighted by atomic mass is 10.1. The Kier molecular flexibility index (Phi) is 4.20. The Morgan fingerprint density at radius 3 is 2.88 bits per heavy atom. The van der Waals surface area contributed by atoms with Gasteiger partial charge in [-0.25, -0.2) is 4.79 Å². The monoisotopic (exact) mass is 235 g/mol. The molecule has 0 saturated carbocycles. The molecular formula is C11H9NO5. The van der Waals surface area contributed by atoms with E-state index in [9.17, 15) is 20.0 Å². The Labute approximate surface area is 97.0 Å². The summed E-state index contributed by atoms with van der Waals surface area (Å²) in [5.74, 6) is 3.49. The van der Waals surface area contributed by atoms with Gasteiger partial charge >= 0.3 is 5.97 Å². The molecule has 17 heavy (non-hydrogen) atoms. The van der Waals surface area contributed by atoms with Gasteiger partial charge in [0.1, 0.15) is 6.10 Å². The van der Waals surface area contributed by atoms with Gasteiger partial charge in [0.25, 0.3) is 5.69 Å². The van der Waals surface area contributed by atoms with Crippen molar-refractivity contribution in [2.24, 2.45) is 0 Å². The van der Waals surface area contributed by atoms with Crippen molar-refractivity contribution in [2.45, 2.75) is 6.10 Å². The van der Waals surface area contributed by atoms with Gasteiger partial charge in [0.15, 0.2) is 0 Å². The minimum atomic E-state index is -1.27. The summed E-state index contributed by atoms with van der Waals surface area (Å²) in [6, 6.07) is 5.39. The van der Waals surface area contributed by atoms with E-state index in [-0.39, 0.29) is 11.3 Å². The van der Waals surface area contributed by atoms with Gasteiger partial charge in [0.2, 0.25) is 0 Å². The molecule has 0 radical (unpaired) electrons. The van der Waals surface area contributed by atoms with Crippen LogP contribution in [0.1, 0.15) is 11.7 Å². The van der Waals surface area contributed by atoms with Gasteiger partial charge in [-0.2, -0.15) is 0 Å². The van der Waals surface area contributed by atoms with Gasteiger partial charge in [-0.1, -0.05) is 18.1 Å². The molecular weight excluding hydrogens is 226 g/mol. The maximum absolute atomic E-state index is 10.7. The van der Waals surface area contributed by atoms with E-state index in [1.807, 2.05) is 5.92 Å².